The summed E-state index contributed by atoms with van der Waals surface area (Å²) in [4.78, 5) is -0.163. The molecule has 0 aliphatic carbocycles. The smallest absolute Gasteiger partial charge is 0.241 e. The van der Waals surface area contributed by atoms with Crippen molar-refractivity contribution in [2.24, 2.45) is 5.92 Å². The fraction of sp³-hybridized carbons (Fsp3) is 0.571. The minimum Gasteiger partial charge on any atom is -0.379 e. The normalized spacial score (nSPS) is 22.2. The van der Waals surface area contributed by atoms with Crippen LogP contribution < -0.4 is 4.72 Å². The van der Waals surface area contributed by atoms with Gasteiger partial charge in [0.15, 0.2) is 0 Å². The fourth-order valence-electron chi connectivity index (χ4n) is 2.44. The molecule has 1 aromatic carbocycles. The van der Waals surface area contributed by atoms with Gasteiger partial charge in [0, 0.05) is 20.0 Å². The molecule has 0 spiro atoms. The summed E-state index contributed by atoms with van der Waals surface area (Å²) in [7, 11) is -4.64. The summed E-state index contributed by atoms with van der Waals surface area (Å²) in [6.45, 7) is 1.77. The maximum atomic E-state index is 13.4. The molecule has 0 radical (unpaired) electrons. The largest absolute Gasteiger partial charge is 0.379 e. The highest BCUT2D eigenvalue weighted by Crippen LogP contribution is 2.22. The molecule has 1 saturated heterocycles. The number of halogens is 1. The average Bonchev–Trinajstić information content (AvgIpc) is 2.87. The number of ether oxygens (including phenoxy) is 1. The summed E-state index contributed by atoms with van der Waals surface area (Å²) in [5, 5.41) is 0. The van der Waals surface area contributed by atoms with E-state index in [1.807, 2.05) is 0 Å². The molecular weight excluding hydrogens is 359 g/mol. The van der Waals surface area contributed by atoms with Crippen LogP contribution in [0.15, 0.2) is 23.1 Å². The van der Waals surface area contributed by atoms with Crippen LogP contribution in [-0.4, -0.2) is 60.2 Å². The molecule has 2 atom stereocenters. The van der Waals surface area contributed by atoms with Crippen LogP contribution >= 0.6 is 0 Å². The van der Waals surface area contributed by atoms with E-state index in [2.05, 4.69) is 4.72 Å². The SMILES string of the molecule is Cc1ccc(F)cc1S(=O)(=O)NC1COCC1CS(=O)(=O)N(C)C. The lowest BCUT2D eigenvalue weighted by Crippen LogP contribution is -2.43. The zero-order valence-corrected chi connectivity index (χ0v) is 15.3. The van der Waals surface area contributed by atoms with Gasteiger partial charge in [-0.3, -0.25) is 0 Å². The number of hydrogen-bond donors (Lipinski definition) is 1. The number of rotatable bonds is 6. The molecule has 1 aromatic rings. The molecule has 2 unspecified atom stereocenters. The highest BCUT2D eigenvalue weighted by Gasteiger charge is 2.36. The van der Waals surface area contributed by atoms with E-state index in [1.54, 1.807) is 6.92 Å². The van der Waals surface area contributed by atoms with Crippen LogP contribution in [0.2, 0.25) is 0 Å². The Morgan fingerprint density at radius 1 is 1.25 bits per heavy atom. The lowest BCUT2D eigenvalue weighted by molar-refractivity contribution is 0.185. The van der Waals surface area contributed by atoms with Gasteiger partial charge in [-0.2, -0.15) is 0 Å². The Morgan fingerprint density at radius 3 is 2.54 bits per heavy atom. The number of benzene rings is 1. The van der Waals surface area contributed by atoms with Crippen LogP contribution in [0.25, 0.3) is 0 Å². The average molecular weight is 380 g/mol. The molecule has 1 N–H and O–H groups in total. The third kappa shape index (κ3) is 4.31. The predicted octanol–water partition coefficient (Wildman–Crippen LogP) is 0.319. The maximum Gasteiger partial charge on any atom is 0.241 e. The highest BCUT2D eigenvalue weighted by molar-refractivity contribution is 7.89. The number of nitrogens with one attached hydrogen (secondary N) is 1. The summed E-state index contributed by atoms with van der Waals surface area (Å²) in [6, 6.07) is 2.81. The van der Waals surface area contributed by atoms with Crippen LogP contribution in [0.5, 0.6) is 0 Å². The third-order valence-corrected chi connectivity index (χ3v) is 7.52. The first-order chi connectivity index (χ1) is 11.0. The molecular formula is C14H21FN2O5S2. The van der Waals surface area contributed by atoms with Gasteiger partial charge in [0.05, 0.1) is 29.9 Å². The summed E-state index contributed by atoms with van der Waals surface area (Å²) >= 11 is 0. The van der Waals surface area contributed by atoms with Crippen molar-refractivity contribution in [3.05, 3.63) is 29.6 Å². The van der Waals surface area contributed by atoms with Crippen LogP contribution in [0, 0.1) is 18.7 Å². The standard InChI is InChI=1S/C14H21FN2O5S2/c1-10-4-5-12(15)6-14(10)24(20,21)16-13-8-22-7-11(13)9-23(18,19)17(2)3/h4-6,11,13,16H,7-9H2,1-3H3. The molecule has 0 saturated carbocycles. The minimum absolute atomic E-state index is 0.0706. The topological polar surface area (TPSA) is 92.8 Å². The van der Waals surface area contributed by atoms with Crippen molar-refractivity contribution in [3.8, 4) is 0 Å². The van der Waals surface area contributed by atoms with Gasteiger partial charge >= 0.3 is 0 Å². The number of sulfonamides is 2. The first-order valence-corrected chi connectivity index (χ1v) is 10.4. The number of hydrogen-bond acceptors (Lipinski definition) is 5. The highest BCUT2D eigenvalue weighted by atomic mass is 32.2. The second kappa shape index (κ2) is 7.04. The van der Waals surface area contributed by atoms with Crippen molar-refractivity contribution in [3.63, 3.8) is 0 Å². The van der Waals surface area contributed by atoms with Gasteiger partial charge in [-0.25, -0.2) is 30.3 Å². The lowest BCUT2D eigenvalue weighted by Gasteiger charge is -2.21. The summed E-state index contributed by atoms with van der Waals surface area (Å²) in [6.07, 6.45) is 0. The van der Waals surface area contributed by atoms with E-state index >= 15 is 0 Å². The van der Waals surface area contributed by atoms with E-state index in [0.29, 0.717) is 5.56 Å². The first-order valence-electron chi connectivity index (χ1n) is 7.29. The first kappa shape index (κ1) is 19.3. The van der Waals surface area contributed by atoms with E-state index in [-0.39, 0.29) is 23.9 Å². The van der Waals surface area contributed by atoms with Crippen LogP contribution in [-0.2, 0) is 24.8 Å². The fourth-order valence-corrected chi connectivity index (χ4v) is 5.15. The molecule has 1 heterocycles. The van der Waals surface area contributed by atoms with Gasteiger partial charge < -0.3 is 4.74 Å². The second-order valence-corrected chi connectivity index (χ2v) is 9.91. The molecule has 7 nitrogen and oxygen atoms in total. The van der Waals surface area contributed by atoms with Gasteiger partial charge in [-0.15, -0.1) is 0 Å². The Morgan fingerprint density at radius 2 is 1.92 bits per heavy atom. The minimum atomic E-state index is -3.98. The molecule has 0 aromatic heterocycles. The molecule has 1 aliphatic rings. The molecule has 0 amide bonds. The van der Waals surface area contributed by atoms with Crippen molar-refractivity contribution in [2.45, 2.75) is 17.9 Å². The molecule has 10 heteroatoms. The Balaban J connectivity index is 2.21. The van der Waals surface area contributed by atoms with E-state index in [4.69, 9.17) is 4.74 Å². The monoisotopic (exact) mass is 380 g/mol. The van der Waals surface area contributed by atoms with Gasteiger partial charge in [-0.1, -0.05) is 6.07 Å². The maximum absolute atomic E-state index is 13.4. The Bertz CT molecular complexity index is 808. The Hall–Kier alpha value is -1.07. The second-order valence-electron chi connectivity index (χ2n) is 6.00. The quantitative estimate of drug-likeness (QED) is 0.767. The number of aryl methyl sites for hydroxylation is 1. The molecule has 24 heavy (non-hydrogen) atoms. The number of nitrogens with zero attached hydrogens (tertiary/aromatic N) is 1. The summed E-state index contributed by atoms with van der Waals surface area (Å²) in [5.41, 5.74) is 0.403. The Labute approximate surface area is 141 Å². The Kier molecular flexibility index (Phi) is 5.65. The van der Waals surface area contributed by atoms with Crippen molar-refractivity contribution >= 4 is 20.0 Å². The van der Waals surface area contributed by atoms with Crippen molar-refractivity contribution in [1.82, 2.24) is 9.03 Å². The van der Waals surface area contributed by atoms with E-state index in [1.165, 1.54) is 26.2 Å². The molecule has 2 rings (SSSR count). The predicted molar refractivity (Wildman–Crippen MR) is 87.0 cm³/mol. The van der Waals surface area contributed by atoms with Crippen LogP contribution in [0.1, 0.15) is 5.56 Å². The van der Waals surface area contributed by atoms with E-state index in [0.717, 1.165) is 10.4 Å². The molecule has 136 valence electrons. The van der Waals surface area contributed by atoms with Crippen molar-refractivity contribution in [2.75, 3.05) is 33.1 Å². The van der Waals surface area contributed by atoms with Gasteiger partial charge in [0.25, 0.3) is 0 Å². The molecule has 0 bridgehead atoms. The van der Waals surface area contributed by atoms with Gasteiger partial charge in [0.2, 0.25) is 20.0 Å². The summed E-state index contributed by atoms with van der Waals surface area (Å²) < 4.78 is 71.2. The zero-order chi connectivity index (χ0) is 18.1. The molecule has 1 fully saturated rings. The van der Waals surface area contributed by atoms with Gasteiger partial charge in [0.1, 0.15) is 5.82 Å². The lowest BCUT2D eigenvalue weighted by atomic mass is 10.1. The zero-order valence-electron chi connectivity index (χ0n) is 13.7. The molecule has 1 aliphatic heterocycles. The van der Waals surface area contributed by atoms with Crippen molar-refractivity contribution in [1.29, 1.82) is 0 Å². The van der Waals surface area contributed by atoms with Crippen molar-refractivity contribution < 1.29 is 26.0 Å². The van der Waals surface area contributed by atoms with Crippen LogP contribution in [0.3, 0.4) is 0 Å². The van der Waals surface area contributed by atoms with E-state index in [9.17, 15) is 21.2 Å². The van der Waals surface area contributed by atoms with E-state index < -0.39 is 37.8 Å². The third-order valence-electron chi connectivity index (χ3n) is 3.93. The van der Waals surface area contributed by atoms with Gasteiger partial charge in [-0.05, 0) is 24.6 Å². The van der Waals surface area contributed by atoms with Crippen LogP contribution in [0.4, 0.5) is 4.39 Å². The summed E-state index contributed by atoms with van der Waals surface area (Å²) in [5.74, 6) is -1.40.